The molecule has 12 rings (SSSR count). The van der Waals surface area contributed by atoms with Gasteiger partial charge in [0.2, 0.25) is 0 Å². The number of fused-ring (bicyclic) bond motifs is 9. The number of hydrogen-bond donors (Lipinski definition) is 0. The van der Waals surface area contributed by atoms with E-state index in [1.54, 1.807) is 0 Å². The maximum Gasteiger partial charge on any atom is 0.136 e. The lowest BCUT2D eigenvalue weighted by molar-refractivity contribution is 0.660. The van der Waals surface area contributed by atoms with E-state index in [9.17, 15) is 0 Å². The summed E-state index contributed by atoms with van der Waals surface area (Å²) in [5.41, 5.74) is 18.6. The molecule has 2 aromatic heterocycles. The molecule has 0 spiro atoms. The van der Waals surface area contributed by atoms with Crippen LogP contribution in [0.25, 0.3) is 82.8 Å². The average molecular weight is 769 g/mol. The minimum absolute atomic E-state index is 0.180. The Morgan fingerprint density at radius 1 is 0.383 bits per heavy atom. The van der Waals surface area contributed by atoms with Crippen molar-refractivity contribution in [1.29, 1.82) is 0 Å². The molecule has 2 heterocycles. The molecular formula is C57H40N2O. The van der Waals surface area contributed by atoms with E-state index in [4.69, 9.17) is 4.42 Å². The van der Waals surface area contributed by atoms with Crippen molar-refractivity contribution in [1.82, 2.24) is 4.57 Å². The smallest absolute Gasteiger partial charge is 0.136 e. The van der Waals surface area contributed by atoms with Gasteiger partial charge in [-0.05, 0) is 123 Å². The molecular weight excluding hydrogens is 729 g/mol. The summed E-state index contributed by atoms with van der Waals surface area (Å²) in [5, 5.41) is 4.64. The molecule has 0 saturated carbocycles. The monoisotopic (exact) mass is 768 g/mol. The van der Waals surface area contributed by atoms with Gasteiger partial charge < -0.3 is 13.9 Å². The van der Waals surface area contributed by atoms with Crippen molar-refractivity contribution in [2.75, 3.05) is 4.90 Å². The number of para-hydroxylation sites is 2. The van der Waals surface area contributed by atoms with E-state index in [-0.39, 0.29) is 5.41 Å². The Kier molecular flexibility index (Phi) is 7.58. The van der Waals surface area contributed by atoms with E-state index in [1.165, 1.54) is 60.8 Å². The van der Waals surface area contributed by atoms with E-state index in [0.717, 1.165) is 50.2 Å². The Balaban J connectivity index is 0.991. The summed E-state index contributed by atoms with van der Waals surface area (Å²) >= 11 is 0. The van der Waals surface area contributed by atoms with Crippen molar-refractivity contribution in [2.45, 2.75) is 19.3 Å². The Morgan fingerprint density at radius 2 is 0.933 bits per heavy atom. The van der Waals surface area contributed by atoms with Gasteiger partial charge in [-0.25, -0.2) is 0 Å². The van der Waals surface area contributed by atoms with E-state index >= 15 is 0 Å². The molecule has 11 aromatic rings. The summed E-state index contributed by atoms with van der Waals surface area (Å²) in [7, 11) is 0. The lowest BCUT2D eigenvalue weighted by Gasteiger charge is -2.28. The molecule has 1 aliphatic carbocycles. The number of aromatic nitrogens is 1. The lowest BCUT2D eigenvalue weighted by Crippen LogP contribution is -2.16. The van der Waals surface area contributed by atoms with Crippen LogP contribution in [0.4, 0.5) is 17.1 Å². The van der Waals surface area contributed by atoms with Crippen molar-refractivity contribution in [3.8, 4) is 39.1 Å². The van der Waals surface area contributed by atoms with Gasteiger partial charge in [0.25, 0.3) is 0 Å². The fourth-order valence-corrected chi connectivity index (χ4v) is 9.77. The quantitative estimate of drug-likeness (QED) is 0.168. The van der Waals surface area contributed by atoms with Gasteiger partial charge in [-0.1, -0.05) is 141 Å². The largest absolute Gasteiger partial charge is 0.456 e. The Morgan fingerprint density at radius 3 is 1.67 bits per heavy atom. The summed E-state index contributed by atoms with van der Waals surface area (Å²) in [6, 6.07) is 74.9. The van der Waals surface area contributed by atoms with Gasteiger partial charge in [-0.3, -0.25) is 0 Å². The average Bonchev–Trinajstić information content (AvgIpc) is 3.91. The van der Waals surface area contributed by atoms with Crippen LogP contribution in [0.15, 0.2) is 211 Å². The number of nitrogens with zero attached hydrogens (tertiary/aromatic N) is 2. The van der Waals surface area contributed by atoms with Crippen molar-refractivity contribution < 1.29 is 4.42 Å². The van der Waals surface area contributed by atoms with Gasteiger partial charge in [-0.2, -0.15) is 0 Å². The molecule has 0 bridgehead atoms. The highest BCUT2D eigenvalue weighted by Gasteiger charge is 2.36. The Hall–Kier alpha value is -7.62. The van der Waals surface area contributed by atoms with Crippen LogP contribution in [-0.2, 0) is 5.41 Å². The maximum atomic E-state index is 6.35. The first kappa shape index (κ1) is 34.4. The van der Waals surface area contributed by atoms with Crippen LogP contribution < -0.4 is 4.90 Å². The number of furan rings is 1. The van der Waals surface area contributed by atoms with Crippen molar-refractivity contribution in [2.24, 2.45) is 0 Å². The van der Waals surface area contributed by atoms with Gasteiger partial charge in [0, 0.05) is 49.7 Å². The number of benzene rings is 9. The minimum atomic E-state index is -0.180. The molecule has 9 aromatic carbocycles. The summed E-state index contributed by atoms with van der Waals surface area (Å²) in [5.74, 6) is 0. The summed E-state index contributed by atoms with van der Waals surface area (Å²) in [4.78, 5) is 2.40. The number of rotatable bonds is 6. The SMILES string of the molecule is CC1(C)c2cc(-c3ccccc3)ccc2-c2ccc(N(c3ccc(-c4ccccc4)cc3)c3ccc(-n4c5ccccc5c5cc6oc7ccccc7c6cc54)cc3)cc21. The summed E-state index contributed by atoms with van der Waals surface area (Å²) < 4.78 is 8.75. The van der Waals surface area contributed by atoms with Crippen molar-refractivity contribution in [3.63, 3.8) is 0 Å². The van der Waals surface area contributed by atoms with Gasteiger partial charge in [0.15, 0.2) is 0 Å². The second-order valence-electron chi connectivity index (χ2n) is 16.6. The maximum absolute atomic E-state index is 6.35. The van der Waals surface area contributed by atoms with Crippen LogP contribution in [0, 0.1) is 0 Å². The highest BCUT2D eigenvalue weighted by molar-refractivity contribution is 6.17. The van der Waals surface area contributed by atoms with Crippen LogP contribution in [0.5, 0.6) is 0 Å². The van der Waals surface area contributed by atoms with Gasteiger partial charge in [0.05, 0.1) is 11.0 Å². The second-order valence-corrected chi connectivity index (χ2v) is 16.6. The number of anilines is 3. The first-order chi connectivity index (χ1) is 29.5. The zero-order chi connectivity index (χ0) is 40.0. The van der Waals surface area contributed by atoms with E-state index in [1.807, 2.05) is 6.07 Å². The number of hydrogen-bond acceptors (Lipinski definition) is 2. The predicted molar refractivity (Wildman–Crippen MR) is 251 cm³/mol. The van der Waals surface area contributed by atoms with Crippen LogP contribution in [0.1, 0.15) is 25.0 Å². The standard InChI is InChI=1S/C57H40N2O/c1-57(2)51-33-40(38-15-7-4-8-16-38)23-31-45(51)46-32-30-44(34-52(46)57)58(41-24-21-39(22-25-41)37-13-5-3-6-14-37)42-26-28-43(29-27-42)59-53-19-11-9-17-47(53)49-36-56-50(35-54(49)59)48-18-10-12-20-55(48)60-56/h3-36H,1-2H3. The third-order valence-electron chi connectivity index (χ3n) is 12.8. The summed E-state index contributed by atoms with van der Waals surface area (Å²) in [6.07, 6.45) is 0. The predicted octanol–water partition coefficient (Wildman–Crippen LogP) is 15.8. The molecule has 1 aliphatic rings. The van der Waals surface area contributed by atoms with Crippen LogP contribution in [0.2, 0.25) is 0 Å². The highest BCUT2D eigenvalue weighted by Crippen LogP contribution is 2.52. The first-order valence-corrected chi connectivity index (χ1v) is 20.7. The van der Waals surface area contributed by atoms with Crippen LogP contribution in [-0.4, -0.2) is 4.57 Å². The third-order valence-corrected chi connectivity index (χ3v) is 12.8. The minimum Gasteiger partial charge on any atom is -0.456 e. The molecule has 0 saturated heterocycles. The second kappa shape index (κ2) is 13.2. The van der Waals surface area contributed by atoms with E-state index < -0.39 is 0 Å². The molecule has 0 atom stereocenters. The first-order valence-electron chi connectivity index (χ1n) is 20.7. The molecule has 284 valence electrons. The Bertz CT molecular complexity index is 3430. The molecule has 3 nitrogen and oxygen atoms in total. The molecule has 60 heavy (non-hydrogen) atoms. The zero-order valence-corrected chi connectivity index (χ0v) is 33.4. The van der Waals surface area contributed by atoms with Gasteiger partial charge in [0.1, 0.15) is 11.2 Å². The summed E-state index contributed by atoms with van der Waals surface area (Å²) in [6.45, 7) is 4.74. The van der Waals surface area contributed by atoms with Crippen LogP contribution >= 0.6 is 0 Å². The zero-order valence-electron chi connectivity index (χ0n) is 33.4. The third kappa shape index (κ3) is 5.29. The molecule has 0 fully saturated rings. The normalized spacial score (nSPS) is 13.0. The molecule has 3 heteroatoms. The highest BCUT2D eigenvalue weighted by atomic mass is 16.3. The molecule has 0 radical (unpaired) electrons. The van der Waals surface area contributed by atoms with Crippen molar-refractivity contribution >= 4 is 60.8 Å². The van der Waals surface area contributed by atoms with Gasteiger partial charge in [-0.15, -0.1) is 0 Å². The lowest BCUT2D eigenvalue weighted by atomic mass is 9.81. The molecule has 0 N–H and O–H groups in total. The molecule has 0 aliphatic heterocycles. The Labute approximate surface area is 349 Å². The van der Waals surface area contributed by atoms with Crippen LogP contribution in [0.3, 0.4) is 0 Å². The molecule has 0 amide bonds. The molecule has 0 unspecified atom stereocenters. The fraction of sp³-hybridized carbons (Fsp3) is 0.0526. The fourth-order valence-electron chi connectivity index (χ4n) is 9.77. The van der Waals surface area contributed by atoms with E-state index in [0.29, 0.717) is 0 Å². The van der Waals surface area contributed by atoms with E-state index in [2.05, 4.69) is 224 Å². The van der Waals surface area contributed by atoms with Crippen molar-refractivity contribution in [3.05, 3.63) is 217 Å². The van der Waals surface area contributed by atoms with Gasteiger partial charge >= 0.3 is 0 Å². The topological polar surface area (TPSA) is 21.3 Å².